The Balaban J connectivity index is 1.75. The van der Waals surface area contributed by atoms with Gasteiger partial charge in [-0.25, -0.2) is 4.98 Å². The highest BCUT2D eigenvalue weighted by Gasteiger charge is 2.20. The Morgan fingerprint density at radius 2 is 1.65 bits per heavy atom. The van der Waals surface area contributed by atoms with Gasteiger partial charge in [0.2, 0.25) is 0 Å². The fraction of sp³-hybridized carbons (Fsp3) is 0.208. The van der Waals surface area contributed by atoms with Crippen LogP contribution in [0.25, 0.3) is 0 Å². The van der Waals surface area contributed by atoms with E-state index in [1.165, 1.54) is 6.20 Å². The number of aromatic nitrogens is 1. The van der Waals surface area contributed by atoms with Crippen LogP contribution in [0.2, 0.25) is 5.02 Å². The zero-order chi connectivity index (χ0) is 22.4. The van der Waals surface area contributed by atoms with E-state index >= 15 is 0 Å². The van der Waals surface area contributed by atoms with E-state index in [0.717, 1.165) is 12.1 Å². The first-order chi connectivity index (χ1) is 14.8. The van der Waals surface area contributed by atoms with Crippen molar-refractivity contribution in [3.05, 3.63) is 88.6 Å². The van der Waals surface area contributed by atoms with Gasteiger partial charge >= 0.3 is 0 Å². The van der Waals surface area contributed by atoms with Crippen molar-refractivity contribution in [2.45, 2.75) is 19.3 Å². The first-order valence-electron chi connectivity index (χ1n) is 9.88. The third-order valence-electron chi connectivity index (χ3n) is 4.94. The third kappa shape index (κ3) is 5.69. The van der Waals surface area contributed by atoms with Crippen LogP contribution in [-0.2, 0) is 5.41 Å². The lowest BCUT2D eigenvalue weighted by Gasteiger charge is -2.25. The van der Waals surface area contributed by atoms with E-state index in [-0.39, 0.29) is 17.2 Å². The van der Waals surface area contributed by atoms with Crippen molar-refractivity contribution in [1.29, 1.82) is 0 Å². The molecule has 6 nitrogen and oxygen atoms in total. The van der Waals surface area contributed by atoms with Gasteiger partial charge < -0.3 is 16.0 Å². The number of amides is 2. The average Bonchev–Trinajstić information content (AvgIpc) is 2.75. The number of halogens is 1. The monoisotopic (exact) mass is 436 g/mol. The van der Waals surface area contributed by atoms with Gasteiger partial charge in [-0.1, -0.05) is 49.7 Å². The van der Waals surface area contributed by atoms with E-state index in [9.17, 15) is 9.59 Å². The molecule has 7 heteroatoms. The second kappa shape index (κ2) is 9.73. The number of benzene rings is 2. The molecule has 3 rings (SSSR count). The van der Waals surface area contributed by atoms with Crippen LogP contribution in [0.4, 0.5) is 11.5 Å². The van der Waals surface area contributed by atoms with Gasteiger partial charge in [-0.05, 0) is 49.0 Å². The lowest BCUT2D eigenvalue weighted by Crippen LogP contribution is -2.30. The number of rotatable bonds is 7. The van der Waals surface area contributed by atoms with Crippen LogP contribution in [0.1, 0.15) is 40.1 Å². The smallest absolute Gasteiger partial charge is 0.258 e. The number of hydrogen-bond donors (Lipinski definition) is 3. The maximum Gasteiger partial charge on any atom is 0.258 e. The van der Waals surface area contributed by atoms with Gasteiger partial charge in [-0.2, -0.15) is 0 Å². The number of pyridine rings is 1. The molecule has 1 aromatic heterocycles. The van der Waals surface area contributed by atoms with E-state index in [1.54, 1.807) is 48.5 Å². The Bertz CT molecular complexity index is 1060. The Labute approximate surface area is 187 Å². The van der Waals surface area contributed by atoms with Crippen molar-refractivity contribution in [2.24, 2.45) is 0 Å². The van der Waals surface area contributed by atoms with E-state index in [2.05, 4.69) is 34.8 Å². The molecule has 3 N–H and O–H groups in total. The largest absolute Gasteiger partial charge is 0.321 e. The minimum atomic E-state index is -0.380. The number of carbonyl (C=O) groups is 2. The number of nitrogens with one attached hydrogen (secondary N) is 3. The molecule has 2 amide bonds. The van der Waals surface area contributed by atoms with Crippen LogP contribution in [0.3, 0.4) is 0 Å². The molecule has 0 unspecified atom stereocenters. The van der Waals surface area contributed by atoms with Crippen LogP contribution in [0, 0.1) is 0 Å². The molecule has 0 spiro atoms. The number of likely N-dealkylation sites (N-methyl/N-ethyl adjacent to an activating group) is 1. The molecule has 0 fully saturated rings. The second-order valence-corrected chi connectivity index (χ2v) is 8.24. The molecule has 3 aromatic rings. The van der Waals surface area contributed by atoms with E-state index in [0.29, 0.717) is 27.7 Å². The highest BCUT2D eigenvalue weighted by molar-refractivity contribution is 6.30. The van der Waals surface area contributed by atoms with Gasteiger partial charge in [0.1, 0.15) is 5.82 Å². The number of hydrogen-bond acceptors (Lipinski definition) is 4. The Kier molecular flexibility index (Phi) is 7.05. The minimum Gasteiger partial charge on any atom is -0.321 e. The van der Waals surface area contributed by atoms with Crippen molar-refractivity contribution >= 4 is 34.9 Å². The van der Waals surface area contributed by atoms with Gasteiger partial charge in [-0.3, -0.25) is 9.59 Å². The van der Waals surface area contributed by atoms with Crippen LogP contribution in [0.5, 0.6) is 0 Å². The summed E-state index contributed by atoms with van der Waals surface area (Å²) in [4.78, 5) is 29.6. The maximum absolute atomic E-state index is 12.8. The fourth-order valence-corrected chi connectivity index (χ4v) is 3.35. The number of anilines is 2. The average molecular weight is 437 g/mol. The summed E-state index contributed by atoms with van der Waals surface area (Å²) in [6, 6.07) is 17.6. The molecule has 31 heavy (non-hydrogen) atoms. The van der Waals surface area contributed by atoms with Gasteiger partial charge in [-0.15, -0.1) is 0 Å². The Hall–Kier alpha value is -3.22. The van der Waals surface area contributed by atoms with Crippen LogP contribution in [0.15, 0.2) is 66.9 Å². The number of para-hydroxylation sites is 1. The quantitative estimate of drug-likeness (QED) is 0.499. The van der Waals surface area contributed by atoms with Crippen molar-refractivity contribution in [1.82, 2.24) is 10.3 Å². The summed E-state index contributed by atoms with van der Waals surface area (Å²) in [6.45, 7) is 5.11. The van der Waals surface area contributed by atoms with Crippen LogP contribution >= 0.6 is 11.6 Å². The highest BCUT2D eigenvalue weighted by Crippen LogP contribution is 2.23. The molecular weight excluding hydrogens is 412 g/mol. The summed E-state index contributed by atoms with van der Waals surface area (Å²) in [5.41, 5.74) is 2.34. The number of carbonyl (C=O) groups excluding carboxylic acids is 2. The topological polar surface area (TPSA) is 83.1 Å². The van der Waals surface area contributed by atoms with Gasteiger partial charge in [0.15, 0.2) is 0 Å². The second-order valence-electron chi connectivity index (χ2n) is 7.81. The maximum atomic E-state index is 12.8. The molecule has 0 bridgehead atoms. The van der Waals surface area contributed by atoms with Crippen LogP contribution < -0.4 is 16.0 Å². The summed E-state index contributed by atoms with van der Waals surface area (Å²) in [5.74, 6) is -0.298. The molecule has 0 aliphatic carbocycles. The first kappa shape index (κ1) is 22.5. The summed E-state index contributed by atoms with van der Waals surface area (Å²) < 4.78 is 0. The molecule has 0 radical (unpaired) electrons. The minimum absolute atomic E-state index is 0.0514. The van der Waals surface area contributed by atoms with E-state index in [4.69, 9.17) is 11.6 Å². The van der Waals surface area contributed by atoms with Crippen molar-refractivity contribution in [3.8, 4) is 0 Å². The molecule has 0 aliphatic heterocycles. The van der Waals surface area contributed by atoms with Gasteiger partial charge in [0.25, 0.3) is 11.8 Å². The third-order valence-corrected chi connectivity index (χ3v) is 5.16. The van der Waals surface area contributed by atoms with Gasteiger partial charge in [0.05, 0.1) is 16.3 Å². The zero-order valence-electron chi connectivity index (χ0n) is 17.7. The normalized spacial score (nSPS) is 11.1. The van der Waals surface area contributed by atoms with Crippen LogP contribution in [-0.4, -0.2) is 30.4 Å². The molecule has 1 heterocycles. The predicted octanol–water partition coefficient (Wildman–Crippen LogP) is 4.74. The zero-order valence-corrected chi connectivity index (χ0v) is 18.5. The standard InChI is InChI=1S/C24H25ClN4O2/c1-24(2,15-26-3)17-10-8-16(9-11-17)22(30)28-20-7-5-4-6-19(20)23(31)29-21-13-12-18(25)14-27-21/h4-14,26H,15H2,1-3H3,(H,28,30)(H,27,29,31). The Morgan fingerprint density at radius 1 is 0.935 bits per heavy atom. The SMILES string of the molecule is CNCC(C)(C)c1ccc(C(=O)Nc2ccccc2C(=O)Nc2ccc(Cl)cn2)cc1. The summed E-state index contributed by atoms with van der Waals surface area (Å²) in [7, 11) is 1.92. The molecule has 0 atom stereocenters. The summed E-state index contributed by atoms with van der Waals surface area (Å²) in [5, 5.41) is 9.20. The molecular formula is C24H25ClN4O2. The van der Waals surface area contributed by atoms with E-state index < -0.39 is 0 Å². The van der Waals surface area contributed by atoms with Crippen molar-refractivity contribution in [2.75, 3.05) is 24.2 Å². The van der Waals surface area contributed by atoms with Crippen molar-refractivity contribution in [3.63, 3.8) is 0 Å². The first-order valence-corrected chi connectivity index (χ1v) is 10.3. The summed E-state index contributed by atoms with van der Waals surface area (Å²) in [6.07, 6.45) is 1.45. The molecule has 0 saturated heterocycles. The molecule has 160 valence electrons. The lowest BCUT2D eigenvalue weighted by molar-refractivity contribution is 0.102. The molecule has 0 saturated carbocycles. The van der Waals surface area contributed by atoms with E-state index in [1.807, 2.05) is 19.2 Å². The Morgan fingerprint density at radius 3 is 2.29 bits per heavy atom. The highest BCUT2D eigenvalue weighted by atomic mass is 35.5. The molecule has 0 aliphatic rings. The number of nitrogens with zero attached hydrogens (tertiary/aromatic N) is 1. The molecule has 2 aromatic carbocycles. The van der Waals surface area contributed by atoms with Gasteiger partial charge in [0, 0.05) is 23.7 Å². The fourth-order valence-electron chi connectivity index (χ4n) is 3.23. The predicted molar refractivity (Wildman–Crippen MR) is 125 cm³/mol. The van der Waals surface area contributed by atoms with Crippen molar-refractivity contribution < 1.29 is 9.59 Å². The lowest BCUT2D eigenvalue weighted by atomic mass is 9.84. The summed E-state index contributed by atoms with van der Waals surface area (Å²) >= 11 is 5.83.